The molecule has 3 aromatic carbocycles. The first-order valence-electron chi connectivity index (χ1n) is 7.95. The number of hydrogen-bond acceptors (Lipinski definition) is 3. The third-order valence-electron chi connectivity index (χ3n) is 3.77. The fourth-order valence-corrected chi connectivity index (χ4v) is 3.63. The maximum Gasteiger partial charge on any atom is 0.573 e. The quantitative estimate of drug-likeness (QED) is 0.526. The van der Waals surface area contributed by atoms with Crippen LogP contribution in [-0.4, -0.2) is 6.36 Å². The van der Waals surface area contributed by atoms with Crippen molar-refractivity contribution in [2.24, 2.45) is 5.73 Å². The highest BCUT2D eigenvalue weighted by atomic mass is 35.5. The molecule has 0 heterocycles. The van der Waals surface area contributed by atoms with Gasteiger partial charge in [0, 0.05) is 14.8 Å². The molecule has 3 rings (SSSR count). The molecule has 0 radical (unpaired) electrons. The highest BCUT2D eigenvalue weighted by Gasteiger charge is 2.31. The maximum absolute atomic E-state index is 12.3. The highest BCUT2D eigenvalue weighted by Crippen LogP contribution is 2.35. The van der Waals surface area contributed by atoms with Crippen LogP contribution in [0.2, 0.25) is 5.02 Å². The number of alkyl halides is 3. The molecule has 140 valence electrons. The van der Waals surface area contributed by atoms with Gasteiger partial charge in [0.2, 0.25) is 0 Å². The van der Waals surface area contributed by atoms with Gasteiger partial charge < -0.3 is 10.5 Å². The molecule has 0 aromatic heterocycles. The number of rotatable bonds is 5. The molecule has 1 atom stereocenters. The molecule has 7 heteroatoms. The zero-order chi connectivity index (χ0) is 19.4. The molecule has 0 amide bonds. The molecule has 3 aromatic rings. The van der Waals surface area contributed by atoms with Gasteiger partial charge in [-0.15, -0.1) is 13.2 Å². The number of benzene rings is 3. The summed E-state index contributed by atoms with van der Waals surface area (Å²) in [7, 11) is 0. The first kappa shape index (κ1) is 19.6. The summed E-state index contributed by atoms with van der Waals surface area (Å²) in [4.78, 5) is 1.97. The molecular weight excluding hydrogens is 395 g/mol. The number of halogens is 4. The van der Waals surface area contributed by atoms with Crippen molar-refractivity contribution in [1.82, 2.24) is 0 Å². The molecule has 0 bridgehead atoms. The Hall–Kier alpha value is -2.15. The molecule has 0 fully saturated rings. The van der Waals surface area contributed by atoms with Crippen LogP contribution in [-0.2, 0) is 0 Å². The topological polar surface area (TPSA) is 35.2 Å². The molecule has 2 nitrogen and oxygen atoms in total. The second-order valence-corrected chi connectivity index (χ2v) is 7.24. The molecular formula is C20H15ClF3NOS. The minimum atomic E-state index is -4.72. The second kappa shape index (κ2) is 8.25. The highest BCUT2D eigenvalue weighted by molar-refractivity contribution is 7.99. The van der Waals surface area contributed by atoms with Crippen LogP contribution in [0.3, 0.4) is 0 Å². The van der Waals surface area contributed by atoms with E-state index in [4.69, 9.17) is 17.3 Å². The van der Waals surface area contributed by atoms with Crippen LogP contribution in [0.5, 0.6) is 5.75 Å². The lowest BCUT2D eigenvalue weighted by atomic mass is 9.99. The summed E-state index contributed by atoms with van der Waals surface area (Å²) in [6.45, 7) is 0. The summed E-state index contributed by atoms with van der Waals surface area (Å²) in [6, 6.07) is 20.2. The monoisotopic (exact) mass is 409 g/mol. The first-order chi connectivity index (χ1) is 12.8. The van der Waals surface area contributed by atoms with Crippen LogP contribution in [0.4, 0.5) is 13.2 Å². The molecule has 0 spiro atoms. The summed E-state index contributed by atoms with van der Waals surface area (Å²) in [6.07, 6.45) is -4.72. The third-order valence-corrected chi connectivity index (χ3v) is 5.12. The van der Waals surface area contributed by atoms with E-state index in [1.807, 2.05) is 48.5 Å². The Morgan fingerprint density at radius 3 is 2.15 bits per heavy atom. The van der Waals surface area contributed by atoms with Crippen LogP contribution in [0.1, 0.15) is 17.2 Å². The largest absolute Gasteiger partial charge is 0.573 e. The molecule has 0 unspecified atom stereocenters. The summed E-state index contributed by atoms with van der Waals surface area (Å²) in [5.74, 6) is -0.276. The van der Waals surface area contributed by atoms with Crippen molar-refractivity contribution in [3.8, 4) is 5.75 Å². The zero-order valence-electron chi connectivity index (χ0n) is 13.9. The minimum absolute atomic E-state index is 0.276. The van der Waals surface area contributed by atoms with Crippen LogP contribution in [0.15, 0.2) is 82.6 Å². The van der Waals surface area contributed by atoms with Gasteiger partial charge in [-0.1, -0.05) is 53.7 Å². The first-order valence-corrected chi connectivity index (χ1v) is 9.15. The molecule has 0 aliphatic rings. The lowest BCUT2D eigenvalue weighted by molar-refractivity contribution is -0.274. The van der Waals surface area contributed by atoms with E-state index in [1.54, 1.807) is 11.8 Å². The average molecular weight is 410 g/mol. The van der Waals surface area contributed by atoms with Gasteiger partial charge >= 0.3 is 6.36 Å². The summed E-state index contributed by atoms with van der Waals surface area (Å²) in [5.41, 5.74) is 7.94. The van der Waals surface area contributed by atoms with Gasteiger partial charge in [-0.25, -0.2) is 0 Å². The van der Waals surface area contributed by atoms with E-state index in [-0.39, 0.29) is 5.75 Å². The van der Waals surface area contributed by atoms with Gasteiger partial charge in [0.15, 0.2) is 0 Å². The average Bonchev–Trinajstić information content (AvgIpc) is 2.63. The van der Waals surface area contributed by atoms with Crippen molar-refractivity contribution in [2.75, 3.05) is 0 Å². The Morgan fingerprint density at radius 1 is 0.889 bits per heavy atom. The van der Waals surface area contributed by atoms with E-state index in [0.29, 0.717) is 10.6 Å². The van der Waals surface area contributed by atoms with E-state index in [9.17, 15) is 13.2 Å². The van der Waals surface area contributed by atoms with E-state index >= 15 is 0 Å². The number of ether oxygens (including phenoxy) is 1. The van der Waals surface area contributed by atoms with Crippen LogP contribution >= 0.6 is 23.4 Å². The lowest BCUT2D eigenvalue weighted by Crippen LogP contribution is -2.17. The SMILES string of the molecule is N[C@@H](c1ccc(OC(F)(F)F)cc1)c1ccccc1Sc1ccc(Cl)cc1. The van der Waals surface area contributed by atoms with Crippen molar-refractivity contribution in [2.45, 2.75) is 22.2 Å². The molecule has 0 aliphatic carbocycles. The Kier molecular flexibility index (Phi) is 5.99. The zero-order valence-corrected chi connectivity index (χ0v) is 15.5. The number of hydrogen-bond donors (Lipinski definition) is 1. The molecule has 2 N–H and O–H groups in total. The van der Waals surface area contributed by atoms with Crippen molar-refractivity contribution in [3.63, 3.8) is 0 Å². The van der Waals surface area contributed by atoms with Crippen molar-refractivity contribution in [3.05, 3.63) is 88.9 Å². The molecule has 0 saturated heterocycles. The Bertz CT molecular complexity index is 898. The standard InChI is InChI=1S/C20H15ClF3NOS/c21-14-7-11-16(12-8-14)27-18-4-2-1-3-17(18)19(25)13-5-9-15(10-6-13)26-20(22,23)24/h1-12,19H,25H2/t19-/m0/s1. The van der Waals surface area contributed by atoms with Gasteiger partial charge in [-0.3, -0.25) is 0 Å². The van der Waals surface area contributed by atoms with Gasteiger partial charge in [-0.2, -0.15) is 0 Å². The smallest absolute Gasteiger partial charge is 0.406 e. The summed E-state index contributed by atoms with van der Waals surface area (Å²) < 4.78 is 40.8. The van der Waals surface area contributed by atoms with E-state index in [0.717, 1.165) is 15.4 Å². The van der Waals surface area contributed by atoms with Crippen molar-refractivity contribution >= 4 is 23.4 Å². The Morgan fingerprint density at radius 2 is 1.52 bits per heavy atom. The normalized spacial score (nSPS) is 12.6. The minimum Gasteiger partial charge on any atom is -0.406 e. The van der Waals surface area contributed by atoms with Crippen molar-refractivity contribution in [1.29, 1.82) is 0 Å². The fraction of sp³-hybridized carbons (Fsp3) is 0.100. The van der Waals surface area contributed by atoms with Crippen LogP contribution < -0.4 is 10.5 Å². The van der Waals surface area contributed by atoms with Gasteiger partial charge in [0.1, 0.15) is 5.75 Å². The predicted molar refractivity (Wildman–Crippen MR) is 101 cm³/mol. The molecule has 0 aliphatic heterocycles. The molecule has 27 heavy (non-hydrogen) atoms. The van der Waals surface area contributed by atoms with Crippen LogP contribution in [0.25, 0.3) is 0 Å². The van der Waals surface area contributed by atoms with Gasteiger partial charge in [-0.05, 0) is 53.6 Å². The van der Waals surface area contributed by atoms with E-state index < -0.39 is 12.4 Å². The summed E-state index contributed by atoms with van der Waals surface area (Å²) in [5, 5.41) is 0.658. The van der Waals surface area contributed by atoms with Gasteiger partial charge in [0.25, 0.3) is 0 Å². The van der Waals surface area contributed by atoms with E-state index in [2.05, 4.69) is 4.74 Å². The third kappa shape index (κ3) is 5.42. The lowest BCUT2D eigenvalue weighted by Gasteiger charge is -2.17. The van der Waals surface area contributed by atoms with Crippen molar-refractivity contribution < 1.29 is 17.9 Å². The maximum atomic E-state index is 12.3. The molecule has 0 saturated carbocycles. The number of nitrogens with two attached hydrogens (primary N) is 1. The van der Waals surface area contributed by atoms with Crippen LogP contribution in [0, 0.1) is 0 Å². The predicted octanol–water partition coefficient (Wildman–Crippen LogP) is 6.44. The Balaban J connectivity index is 1.82. The second-order valence-electron chi connectivity index (χ2n) is 5.69. The Labute approximate surface area is 164 Å². The summed E-state index contributed by atoms with van der Waals surface area (Å²) >= 11 is 7.46. The fourth-order valence-electron chi connectivity index (χ4n) is 2.52. The van der Waals surface area contributed by atoms with Gasteiger partial charge in [0.05, 0.1) is 6.04 Å². The van der Waals surface area contributed by atoms with E-state index in [1.165, 1.54) is 24.3 Å².